The van der Waals surface area contributed by atoms with E-state index in [4.69, 9.17) is 11.6 Å². The normalized spacial score (nSPS) is 10.3. The molecular weight excluding hydrogens is 428 g/mol. The van der Waals surface area contributed by atoms with Gasteiger partial charge in [0.15, 0.2) is 0 Å². The van der Waals surface area contributed by atoms with E-state index in [2.05, 4.69) is 26.6 Å². The van der Waals surface area contributed by atoms with E-state index < -0.39 is 0 Å². The molecule has 0 aliphatic rings. The first-order valence-electron chi connectivity index (χ1n) is 8.21. The molecule has 2 amide bonds. The third kappa shape index (κ3) is 5.42. The van der Waals surface area contributed by atoms with Gasteiger partial charge in [0.2, 0.25) is 5.91 Å². The molecule has 3 aromatic carbocycles. The molecule has 0 aliphatic carbocycles. The van der Waals surface area contributed by atoms with Crippen LogP contribution in [-0.4, -0.2) is 11.8 Å². The minimum atomic E-state index is -0.276. The molecule has 3 rings (SSSR count). The van der Waals surface area contributed by atoms with Crippen LogP contribution in [0.4, 0.5) is 11.4 Å². The molecule has 0 bridgehead atoms. The van der Waals surface area contributed by atoms with Crippen LogP contribution in [0.1, 0.15) is 15.9 Å². The highest BCUT2D eigenvalue weighted by Crippen LogP contribution is 2.26. The standard InChI is InChI=1S/C21H16BrClN2O2/c22-16-8-11-19(18(23)13-16)25-21(27)15-6-9-17(10-7-15)24-20(26)12-14-4-2-1-3-5-14/h1-11,13H,12H2,(H,24,26)(H,25,27). The van der Waals surface area contributed by atoms with Crippen molar-refractivity contribution >= 4 is 50.7 Å². The first-order valence-corrected chi connectivity index (χ1v) is 9.38. The van der Waals surface area contributed by atoms with E-state index in [9.17, 15) is 9.59 Å². The van der Waals surface area contributed by atoms with Gasteiger partial charge in [0, 0.05) is 15.7 Å². The number of carbonyl (C=O) groups is 2. The molecule has 0 aliphatic heterocycles. The first-order chi connectivity index (χ1) is 13.0. The summed E-state index contributed by atoms with van der Waals surface area (Å²) in [5.74, 6) is -0.388. The molecule has 0 atom stereocenters. The maximum atomic E-state index is 12.4. The second-order valence-corrected chi connectivity index (χ2v) is 7.19. The van der Waals surface area contributed by atoms with Crippen LogP contribution in [0.3, 0.4) is 0 Å². The van der Waals surface area contributed by atoms with E-state index in [1.807, 2.05) is 30.3 Å². The number of rotatable bonds is 5. The SMILES string of the molecule is O=C(Cc1ccccc1)Nc1ccc(C(=O)Nc2ccc(Br)cc2Cl)cc1. The van der Waals surface area contributed by atoms with Gasteiger partial charge >= 0.3 is 0 Å². The average Bonchev–Trinajstić information content (AvgIpc) is 2.65. The third-order valence-electron chi connectivity index (χ3n) is 3.82. The van der Waals surface area contributed by atoms with Gasteiger partial charge in [-0.05, 0) is 48.0 Å². The van der Waals surface area contributed by atoms with Gasteiger partial charge in [0.05, 0.1) is 17.1 Å². The summed E-state index contributed by atoms with van der Waals surface area (Å²) < 4.78 is 0.834. The smallest absolute Gasteiger partial charge is 0.255 e. The van der Waals surface area contributed by atoms with Crippen molar-refractivity contribution in [3.8, 4) is 0 Å². The van der Waals surface area contributed by atoms with Crippen molar-refractivity contribution in [1.82, 2.24) is 0 Å². The molecule has 0 saturated carbocycles. The summed E-state index contributed by atoms with van der Waals surface area (Å²) in [5.41, 5.74) is 2.58. The molecule has 27 heavy (non-hydrogen) atoms. The molecule has 0 saturated heterocycles. The Kier molecular flexibility index (Phi) is 6.27. The quantitative estimate of drug-likeness (QED) is 0.544. The molecule has 0 radical (unpaired) electrons. The fraction of sp³-hybridized carbons (Fsp3) is 0.0476. The van der Waals surface area contributed by atoms with Gasteiger partial charge in [0.1, 0.15) is 0 Å². The molecule has 6 heteroatoms. The van der Waals surface area contributed by atoms with E-state index in [0.29, 0.717) is 28.4 Å². The van der Waals surface area contributed by atoms with Crippen molar-refractivity contribution in [1.29, 1.82) is 0 Å². The minimum Gasteiger partial charge on any atom is -0.326 e. The number of hydrogen-bond donors (Lipinski definition) is 2. The monoisotopic (exact) mass is 442 g/mol. The molecule has 136 valence electrons. The number of hydrogen-bond acceptors (Lipinski definition) is 2. The van der Waals surface area contributed by atoms with Crippen LogP contribution in [0, 0.1) is 0 Å². The summed E-state index contributed by atoms with van der Waals surface area (Å²) in [6.07, 6.45) is 0.297. The molecule has 0 spiro atoms. The van der Waals surface area contributed by atoms with Gasteiger partial charge in [0.25, 0.3) is 5.91 Å². The van der Waals surface area contributed by atoms with E-state index in [0.717, 1.165) is 10.0 Å². The zero-order chi connectivity index (χ0) is 19.2. The van der Waals surface area contributed by atoms with Gasteiger partial charge in [-0.1, -0.05) is 57.9 Å². The van der Waals surface area contributed by atoms with Crippen molar-refractivity contribution in [3.63, 3.8) is 0 Å². The molecule has 0 aromatic heterocycles. The van der Waals surface area contributed by atoms with Gasteiger partial charge in [-0.2, -0.15) is 0 Å². The second kappa shape index (κ2) is 8.84. The molecular formula is C21H16BrClN2O2. The Balaban J connectivity index is 1.61. The summed E-state index contributed by atoms with van der Waals surface area (Å²) in [7, 11) is 0. The summed E-state index contributed by atoms with van der Waals surface area (Å²) in [4.78, 5) is 24.5. The highest BCUT2D eigenvalue weighted by Gasteiger charge is 2.10. The number of benzene rings is 3. The number of amides is 2. The Hall–Kier alpha value is -2.63. The average molecular weight is 444 g/mol. The zero-order valence-corrected chi connectivity index (χ0v) is 16.5. The fourth-order valence-corrected chi connectivity index (χ4v) is 3.20. The maximum Gasteiger partial charge on any atom is 0.255 e. The van der Waals surface area contributed by atoms with Crippen molar-refractivity contribution in [2.75, 3.05) is 10.6 Å². The van der Waals surface area contributed by atoms with Crippen LogP contribution in [-0.2, 0) is 11.2 Å². The zero-order valence-electron chi connectivity index (χ0n) is 14.2. The number of nitrogens with one attached hydrogen (secondary N) is 2. The predicted molar refractivity (Wildman–Crippen MR) is 112 cm³/mol. The lowest BCUT2D eigenvalue weighted by Gasteiger charge is -2.09. The van der Waals surface area contributed by atoms with Crippen molar-refractivity contribution in [2.45, 2.75) is 6.42 Å². The third-order valence-corrected chi connectivity index (χ3v) is 4.62. The van der Waals surface area contributed by atoms with Crippen molar-refractivity contribution in [2.24, 2.45) is 0 Å². The van der Waals surface area contributed by atoms with E-state index >= 15 is 0 Å². The molecule has 2 N–H and O–H groups in total. The first kappa shape index (κ1) is 19.1. The lowest BCUT2D eigenvalue weighted by atomic mass is 10.1. The largest absolute Gasteiger partial charge is 0.326 e. The Morgan fingerprint density at radius 3 is 2.26 bits per heavy atom. The Labute approximate surface area is 170 Å². The van der Waals surface area contributed by atoms with E-state index in [-0.39, 0.29) is 11.8 Å². The van der Waals surface area contributed by atoms with Crippen LogP contribution >= 0.6 is 27.5 Å². The molecule has 0 heterocycles. The number of carbonyl (C=O) groups excluding carboxylic acids is 2. The van der Waals surface area contributed by atoms with Gasteiger partial charge < -0.3 is 10.6 Å². The number of halogens is 2. The summed E-state index contributed by atoms with van der Waals surface area (Å²) in [6.45, 7) is 0. The molecule has 4 nitrogen and oxygen atoms in total. The Morgan fingerprint density at radius 1 is 0.889 bits per heavy atom. The van der Waals surface area contributed by atoms with Crippen molar-refractivity contribution in [3.05, 3.63) is 93.4 Å². The summed E-state index contributed by atoms with van der Waals surface area (Å²) in [5, 5.41) is 6.04. The highest BCUT2D eigenvalue weighted by molar-refractivity contribution is 9.10. The highest BCUT2D eigenvalue weighted by atomic mass is 79.9. The van der Waals surface area contributed by atoms with Crippen LogP contribution < -0.4 is 10.6 Å². The van der Waals surface area contributed by atoms with Crippen molar-refractivity contribution < 1.29 is 9.59 Å². The molecule has 0 fully saturated rings. The van der Waals surface area contributed by atoms with Gasteiger partial charge in [-0.15, -0.1) is 0 Å². The van der Waals surface area contributed by atoms with Crippen LogP contribution in [0.2, 0.25) is 5.02 Å². The molecule has 3 aromatic rings. The van der Waals surface area contributed by atoms with Gasteiger partial charge in [-0.25, -0.2) is 0 Å². The Bertz CT molecular complexity index is 960. The van der Waals surface area contributed by atoms with Crippen LogP contribution in [0.5, 0.6) is 0 Å². The molecule has 0 unspecified atom stereocenters. The second-order valence-electron chi connectivity index (χ2n) is 5.87. The summed E-state index contributed by atoms with van der Waals surface area (Å²) >= 11 is 9.44. The van der Waals surface area contributed by atoms with Crippen LogP contribution in [0.15, 0.2) is 77.3 Å². The Morgan fingerprint density at radius 2 is 1.59 bits per heavy atom. The lowest BCUT2D eigenvalue weighted by molar-refractivity contribution is -0.115. The predicted octanol–water partition coefficient (Wildman–Crippen LogP) is 5.54. The minimum absolute atomic E-state index is 0.111. The topological polar surface area (TPSA) is 58.2 Å². The summed E-state index contributed by atoms with van der Waals surface area (Å²) in [6, 6.07) is 21.4. The number of anilines is 2. The van der Waals surface area contributed by atoms with E-state index in [1.165, 1.54) is 0 Å². The maximum absolute atomic E-state index is 12.4. The van der Waals surface area contributed by atoms with Crippen LogP contribution in [0.25, 0.3) is 0 Å². The van der Waals surface area contributed by atoms with E-state index in [1.54, 1.807) is 42.5 Å². The lowest BCUT2D eigenvalue weighted by Crippen LogP contribution is -2.15. The van der Waals surface area contributed by atoms with Gasteiger partial charge in [-0.3, -0.25) is 9.59 Å². The fourth-order valence-electron chi connectivity index (χ4n) is 2.48.